The Morgan fingerprint density at radius 2 is 1.39 bits per heavy atom. The first kappa shape index (κ1) is 35.2. The fourth-order valence-electron chi connectivity index (χ4n) is 10.4. The quantitative estimate of drug-likeness (QED) is 0.140. The van der Waals surface area contributed by atoms with Crippen molar-refractivity contribution in [2.75, 3.05) is 6.61 Å². The summed E-state index contributed by atoms with van der Waals surface area (Å²) < 4.78 is 6.50. The number of ether oxygens (including phenoxy) is 1. The van der Waals surface area contributed by atoms with Crippen LogP contribution in [0.4, 0.5) is 0 Å². The molecule has 0 aromatic heterocycles. The zero-order valence-corrected chi connectivity index (χ0v) is 29.5. The average molecular weight is 571 g/mol. The van der Waals surface area contributed by atoms with Gasteiger partial charge in [-0.1, -0.05) is 132 Å². The van der Waals surface area contributed by atoms with Gasteiger partial charge in [-0.15, -0.1) is 0 Å². The maximum atomic E-state index is 6.50. The highest BCUT2D eigenvalue weighted by atomic mass is 16.5. The predicted octanol–water partition coefficient (Wildman–Crippen LogP) is 12.8. The average Bonchev–Trinajstić information content (AvgIpc) is 3.30. The minimum absolute atomic E-state index is 0.459. The molecule has 0 saturated heterocycles. The van der Waals surface area contributed by atoms with Crippen molar-refractivity contribution in [3.05, 3.63) is 11.6 Å². The summed E-state index contributed by atoms with van der Waals surface area (Å²) >= 11 is 0. The molecule has 0 heterocycles. The van der Waals surface area contributed by atoms with Gasteiger partial charge in [-0.25, -0.2) is 0 Å². The third-order valence-corrected chi connectivity index (χ3v) is 12.8. The Morgan fingerprint density at radius 1 is 0.732 bits per heavy atom. The van der Waals surface area contributed by atoms with Crippen LogP contribution in [0.2, 0.25) is 0 Å². The van der Waals surface area contributed by atoms with Gasteiger partial charge >= 0.3 is 0 Å². The number of fused-ring (bicyclic) bond motifs is 5. The van der Waals surface area contributed by atoms with Crippen LogP contribution in [0.3, 0.4) is 0 Å². The van der Waals surface area contributed by atoms with Crippen LogP contribution in [0.25, 0.3) is 0 Å². The van der Waals surface area contributed by atoms with Crippen LogP contribution in [0.15, 0.2) is 11.6 Å². The van der Waals surface area contributed by atoms with Crippen molar-refractivity contribution in [3.63, 3.8) is 0 Å². The van der Waals surface area contributed by atoms with Crippen molar-refractivity contribution in [1.82, 2.24) is 0 Å². The highest BCUT2D eigenvalue weighted by molar-refractivity contribution is 5.25. The number of rotatable bonds is 15. The van der Waals surface area contributed by atoms with Gasteiger partial charge in [0.05, 0.1) is 6.10 Å². The Morgan fingerprint density at radius 3 is 2.10 bits per heavy atom. The number of hydrogen-bond donors (Lipinski definition) is 0. The molecule has 8 atom stereocenters. The molecule has 3 fully saturated rings. The molecule has 41 heavy (non-hydrogen) atoms. The second-order valence-corrected chi connectivity index (χ2v) is 16.3. The largest absolute Gasteiger partial charge is 0.378 e. The molecule has 4 rings (SSSR count). The smallest absolute Gasteiger partial charge is 0.0612 e. The maximum absolute atomic E-state index is 6.50. The first-order chi connectivity index (χ1) is 19.6. The zero-order chi connectivity index (χ0) is 30.0. The summed E-state index contributed by atoms with van der Waals surface area (Å²) in [6, 6.07) is 0. The van der Waals surface area contributed by atoms with Gasteiger partial charge in [-0.05, 0) is 110 Å². The minimum atomic E-state index is 0.459. The van der Waals surface area contributed by atoms with E-state index in [0.29, 0.717) is 16.9 Å². The Balaban J connectivity index is 0.00000226. The highest BCUT2D eigenvalue weighted by Crippen LogP contribution is 2.67. The molecule has 0 aromatic rings. The second-order valence-electron chi connectivity index (χ2n) is 16.3. The van der Waals surface area contributed by atoms with Gasteiger partial charge in [0.25, 0.3) is 0 Å². The molecule has 0 aliphatic heterocycles. The van der Waals surface area contributed by atoms with Gasteiger partial charge in [-0.2, -0.15) is 0 Å². The van der Waals surface area contributed by atoms with Crippen LogP contribution in [0.5, 0.6) is 0 Å². The highest BCUT2D eigenvalue weighted by Gasteiger charge is 2.59. The summed E-state index contributed by atoms with van der Waals surface area (Å²) in [7, 11) is 0. The Hall–Kier alpha value is -0.300. The molecule has 0 radical (unpaired) electrons. The van der Waals surface area contributed by atoms with E-state index in [9.17, 15) is 0 Å². The molecule has 1 nitrogen and oxygen atoms in total. The summed E-state index contributed by atoms with van der Waals surface area (Å²) in [5, 5.41) is 0. The van der Waals surface area contributed by atoms with E-state index in [1.807, 2.05) is 13.8 Å². The molecule has 1 heteroatoms. The topological polar surface area (TPSA) is 9.23 Å². The molecule has 0 aromatic carbocycles. The van der Waals surface area contributed by atoms with Crippen molar-refractivity contribution in [1.29, 1.82) is 0 Å². The van der Waals surface area contributed by atoms with Crippen molar-refractivity contribution >= 4 is 0 Å². The van der Waals surface area contributed by atoms with Gasteiger partial charge in [0.1, 0.15) is 0 Å². The molecule has 240 valence electrons. The standard InChI is InChI=1S/C38H68O.C2H6/c1-28(2)15-12-10-8-9-11-13-26-39-32-22-24-37(6)31(27-32)18-19-33-35-21-20-34(30(5)17-14-16-29(3)4)38(35,7)25-23-36(33)37;1-2/h18,28-30,32-36H,8-17,19-27H2,1-7H3;1-2H3/t30?,32-,33?,34?,35?,36?,37?,38?;/m0./s1. The zero-order valence-electron chi connectivity index (χ0n) is 29.5. The van der Waals surface area contributed by atoms with Crippen LogP contribution in [-0.4, -0.2) is 12.7 Å². The lowest BCUT2D eigenvalue weighted by Gasteiger charge is -2.58. The molecule has 0 spiro atoms. The molecule has 0 amide bonds. The third-order valence-electron chi connectivity index (χ3n) is 12.8. The van der Waals surface area contributed by atoms with Crippen LogP contribution in [-0.2, 0) is 4.74 Å². The molecular weight excluding hydrogens is 496 g/mol. The fraction of sp³-hybridized carbons (Fsp3) is 0.950. The minimum Gasteiger partial charge on any atom is -0.378 e. The van der Waals surface area contributed by atoms with E-state index < -0.39 is 0 Å². The van der Waals surface area contributed by atoms with Gasteiger partial charge in [-0.3, -0.25) is 0 Å². The van der Waals surface area contributed by atoms with E-state index in [4.69, 9.17) is 4.74 Å². The van der Waals surface area contributed by atoms with Crippen LogP contribution in [0, 0.1) is 52.3 Å². The third kappa shape index (κ3) is 8.88. The molecule has 0 N–H and O–H groups in total. The molecule has 4 aliphatic carbocycles. The number of hydrogen-bond acceptors (Lipinski definition) is 1. The Kier molecular flexibility index (Phi) is 14.3. The number of unbranched alkanes of at least 4 members (excludes halogenated alkanes) is 5. The number of allylic oxidation sites excluding steroid dienone is 1. The maximum Gasteiger partial charge on any atom is 0.0612 e. The SMILES string of the molecule is CC.CC(C)CCCCCCCCO[C@H]1CCC2(C)C(=CCC3C2CCC2(C)C(C(C)CCCC(C)C)CCC32)C1. The van der Waals surface area contributed by atoms with Gasteiger partial charge in [0.2, 0.25) is 0 Å². The Bertz CT molecular complexity index is 765. The van der Waals surface area contributed by atoms with Crippen molar-refractivity contribution in [2.24, 2.45) is 52.3 Å². The van der Waals surface area contributed by atoms with E-state index in [2.05, 4.69) is 54.5 Å². The van der Waals surface area contributed by atoms with Gasteiger partial charge < -0.3 is 4.74 Å². The van der Waals surface area contributed by atoms with E-state index in [-0.39, 0.29) is 0 Å². The molecule has 4 aliphatic rings. The summed E-state index contributed by atoms with van der Waals surface area (Å²) in [6.07, 6.45) is 28.5. The van der Waals surface area contributed by atoms with Gasteiger partial charge in [0, 0.05) is 6.61 Å². The molecule has 7 unspecified atom stereocenters. The monoisotopic (exact) mass is 571 g/mol. The predicted molar refractivity (Wildman–Crippen MR) is 181 cm³/mol. The van der Waals surface area contributed by atoms with Crippen molar-refractivity contribution in [2.45, 2.75) is 184 Å². The summed E-state index contributed by atoms with van der Waals surface area (Å²) in [6.45, 7) is 22.5. The first-order valence-corrected chi connectivity index (χ1v) is 19.0. The van der Waals surface area contributed by atoms with Crippen molar-refractivity contribution < 1.29 is 4.74 Å². The molecule has 0 bridgehead atoms. The van der Waals surface area contributed by atoms with Gasteiger partial charge in [0.15, 0.2) is 0 Å². The normalized spacial score (nSPS) is 35.3. The van der Waals surface area contributed by atoms with Crippen LogP contribution in [0.1, 0.15) is 178 Å². The summed E-state index contributed by atoms with van der Waals surface area (Å²) in [5.74, 6) is 6.47. The van der Waals surface area contributed by atoms with E-state index in [0.717, 1.165) is 48.0 Å². The first-order valence-electron chi connectivity index (χ1n) is 19.0. The lowest BCUT2D eigenvalue weighted by Crippen LogP contribution is -2.51. The summed E-state index contributed by atoms with van der Waals surface area (Å²) in [4.78, 5) is 0. The second kappa shape index (κ2) is 16.7. The lowest BCUT2D eigenvalue weighted by molar-refractivity contribution is -0.0641. The fourth-order valence-corrected chi connectivity index (χ4v) is 10.4. The van der Waals surface area contributed by atoms with Crippen LogP contribution >= 0.6 is 0 Å². The van der Waals surface area contributed by atoms with Crippen LogP contribution < -0.4 is 0 Å². The van der Waals surface area contributed by atoms with E-state index in [1.165, 1.54) is 116 Å². The summed E-state index contributed by atoms with van der Waals surface area (Å²) in [5.41, 5.74) is 2.86. The molecular formula is C40H74O. The van der Waals surface area contributed by atoms with Crippen molar-refractivity contribution in [3.8, 4) is 0 Å². The van der Waals surface area contributed by atoms with E-state index >= 15 is 0 Å². The molecule has 3 saturated carbocycles. The Labute approximate surface area is 258 Å². The van der Waals surface area contributed by atoms with E-state index in [1.54, 1.807) is 5.57 Å². The lowest BCUT2D eigenvalue weighted by atomic mass is 9.47.